The minimum Gasteiger partial charge on any atom is -0.455 e. The lowest BCUT2D eigenvalue weighted by Crippen LogP contribution is -2.08. The molecule has 0 aliphatic rings. The monoisotopic (exact) mass is 242 g/mol. The molecule has 1 unspecified atom stereocenters. The van der Waals surface area contributed by atoms with E-state index in [1.54, 1.807) is 6.20 Å². The van der Waals surface area contributed by atoms with Crippen LogP contribution < -0.4 is 10.5 Å². The molecule has 1 aromatic heterocycles. The van der Waals surface area contributed by atoms with Crippen LogP contribution in [0.3, 0.4) is 0 Å². The number of hydrogen-bond acceptors (Lipinski definition) is 3. The van der Waals surface area contributed by atoms with Crippen LogP contribution in [0, 0.1) is 6.92 Å². The van der Waals surface area contributed by atoms with Crippen LogP contribution in [-0.2, 0) is 0 Å². The molecule has 2 N–H and O–H groups in total. The molecule has 0 saturated carbocycles. The van der Waals surface area contributed by atoms with Crippen molar-refractivity contribution in [1.82, 2.24) is 4.98 Å². The van der Waals surface area contributed by atoms with Crippen LogP contribution in [0.25, 0.3) is 0 Å². The Labute approximate surface area is 108 Å². The van der Waals surface area contributed by atoms with Crippen LogP contribution in [0.5, 0.6) is 11.5 Å². The Morgan fingerprint density at radius 3 is 2.56 bits per heavy atom. The topological polar surface area (TPSA) is 48.1 Å². The van der Waals surface area contributed by atoms with Crippen LogP contribution in [-0.4, -0.2) is 4.98 Å². The first kappa shape index (κ1) is 12.6. The molecule has 0 saturated heterocycles. The van der Waals surface area contributed by atoms with Crippen LogP contribution in [0.15, 0.2) is 42.6 Å². The van der Waals surface area contributed by atoms with Gasteiger partial charge in [0.2, 0.25) is 0 Å². The minimum absolute atomic E-state index is 0.0965. The summed E-state index contributed by atoms with van der Waals surface area (Å²) in [6.07, 6.45) is 2.69. The lowest BCUT2D eigenvalue weighted by Gasteiger charge is -2.11. The number of nitrogens with two attached hydrogens (primary N) is 1. The Morgan fingerprint density at radius 1 is 1.22 bits per heavy atom. The average molecular weight is 242 g/mol. The number of pyridine rings is 1. The Balaban J connectivity index is 2.14. The number of rotatable bonds is 4. The van der Waals surface area contributed by atoms with Crippen molar-refractivity contribution in [3.63, 3.8) is 0 Å². The first-order chi connectivity index (χ1) is 8.70. The second kappa shape index (κ2) is 5.65. The predicted octanol–water partition coefficient (Wildman–Crippen LogP) is 3.59. The number of ether oxygens (including phenoxy) is 1. The fraction of sp³-hybridized carbons (Fsp3) is 0.267. The van der Waals surface area contributed by atoms with Crippen molar-refractivity contribution >= 4 is 0 Å². The molecule has 94 valence electrons. The van der Waals surface area contributed by atoms with Crippen molar-refractivity contribution in [3.8, 4) is 11.5 Å². The number of benzene rings is 1. The van der Waals surface area contributed by atoms with Gasteiger partial charge in [-0.3, -0.25) is 4.98 Å². The van der Waals surface area contributed by atoms with E-state index in [1.807, 2.05) is 43.3 Å². The molecule has 0 radical (unpaired) electrons. The number of hydrogen-bond donors (Lipinski definition) is 1. The molecule has 3 heteroatoms. The number of aryl methyl sites for hydroxylation is 1. The molecular formula is C15H18N2O. The lowest BCUT2D eigenvalue weighted by molar-refractivity contribution is 0.475. The highest BCUT2D eigenvalue weighted by Gasteiger charge is 2.04. The maximum absolute atomic E-state index is 5.97. The third kappa shape index (κ3) is 2.87. The summed E-state index contributed by atoms with van der Waals surface area (Å²) >= 11 is 0. The quantitative estimate of drug-likeness (QED) is 0.891. The molecule has 0 aliphatic heterocycles. The third-order valence-electron chi connectivity index (χ3n) is 2.93. The molecule has 18 heavy (non-hydrogen) atoms. The van der Waals surface area contributed by atoms with Crippen molar-refractivity contribution in [3.05, 3.63) is 53.9 Å². The van der Waals surface area contributed by atoms with E-state index < -0.39 is 0 Å². The first-order valence-corrected chi connectivity index (χ1v) is 6.15. The maximum Gasteiger partial charge on any atom is 0.148 e. The molecule has 1 atom stereocenters. The van der Waals surface area contributed by atoms with Gasteiger partial charge in [-0.05, 0) is 43.2 Å². The van der Waals surface area contributed by atoms with Crippen molar-refractivity contribution in [2.75, 3.05) is 0 Å². The van der Waals surface area contributed by atoms with E-state index in [4.69, 9.17) is 10.5 Å². The van der Waals surface area contributed by atoms with Gasteiger partial charge in [0.1, 0.15) is 11.5 Å². The lowest BCUT2D eigenvalue weighted by atomic mass is 10.1. The molecule has 3 nitrogen and oxygen atoms in total. The van der Waals surface area contributed by atoms with Crippen molar-refractivity contribution < 1.29 is 4.74 Å². The second-order valence-corrected chi connectivity index (χ2v) is 4.27. The van der Waals surface area contributed by atoms with Crippen LogP contribution >= 0.6 is 0 Å². The fourth-order valence-corrected chi connectivity index (χ4v) is 1.72. The molecule has 0 fully saturated rings. The predicted molar refractivity (Wildman–Crippen MR) is 72.7 cm³/mol. The largest absolute Gasteiger partial charge is 0.455 e. The maximum atomic E-state index is 5.97. The van der Waals surface area contributed by atoms with Gasteiger partial charge in [-0.1, -0.05) is 19.1 Å². The summed E-state index contributed by atoms with van der Waals surface area (Å²) in [5.74, 6) is 1.59. The molecule has 1 aromatic carbocycles. The standard InChI is InChI=1S/C15H18N2O/c1-3-14(16)12-6-8-13(9-7-12)18-15-5-4-10-17-11(15)2/h4-10,14H,3,16H2,1-2H3. The summed E-state index contributed by atoms with van der Waals surface area (Å²) in [7, 11) is 0. The van der Waals surface area contributed by atoms with Crippen LogP contribution in [0.2, 0.25) is 0 Å². The van der Waals surface area contributed by atoms with E-state index in [0.29, 0.717) is 0 Å². The molecule has 0 bridgehead atoms. The Bertz CT molecular complexity index is 508. The zero-order valence-corrected chi connectivity index (χ0v) is 10.8. The Morgan fingerprint density at radius 2 is 1.94 bits per heavy atom. The fourth-order valence-electron chi connectivity index (χ4n) is 1.72. The van der Waals surface area contributed by atoms with Gasteiger partial charge < -0.3 is 10.5 Å². The van der Waals surface area contributed by atoms with Gasteiger partial charge in [-0.15, -0.1) is 0 Å². The summed E-state index contributed by atoms with van der Waals surface area (Å²) in [6.45, 7) is 4.00. The zero-order valence-electron chi connectivity index (χ0n) is 10.8. The van der Waals surface area contributed by atoms with Crippen molar-refractivity contribution in [2.45, 2.75) is 26.3 Å². The summed E-state index contributed by atoms with van der Waals surface area (Å²) in [6, 6.07) is 11.8. The minimum atomic E-state index is 0.0965. The molecule has 1 heterocycles. The van der Waals surface area contributed by atoms with Gasteiger partial charge in [-0.2, -0.15) is 0 Å². The average Bonchev–Trinajstić information content (AvgIpc) is 2.41. The molecule has 0 aliphatic carbocycles. The molecule has 2 rings (SSSR count). The number of nitrogens with zero attached hydrogens (tertiary/aromatic N) is 1. The summed E-state index contributed by atoms with van der Waals surface area (Å²) in [4.78, 5) is 4.19. The van der Waals surface area contributed by atoms with Gasteiger partial charge in [0.05, 0.1) is 5.69 Å². The van der Waals surface area contributed by atoms with Crippen LogP contribution in [0.1, 0.15) is 30.6 Å². The van der Waals surface area contributed by atoms with E-state index in [-0.39, 0.29) is 6.04 Å². The molecule has 0 spiro atoms. The van der Waals surface area contributed by atoms with Gasteiger partial charge in [0, 0.05) is 12.2 Å². The molecular weight excluding hydrogens is 224 g/mol. The van der Waals surface area contributed by atoms with E-state index in [1.165, 1.54) is 0 Å². The SMILES string of the molecule is CCC(N)c1ccc(Oc2cccnc2C)cc1. The van der Waals surface area contributed by atoms with Crippen LogP contribution in [0.4, 0.5) is 0 Å². The first-order valence-electron chi connectivity index (χ1n) is 6.15. The second-order valence-electron chi connectivity index (χ2n) is 4.27. The van der Waals surface area contributed by atoms with Gasteiger partial charge in [0.25, 0.3) is 0 Å². The number of aromatic nitrogens is 1. The highest BCUT2D eigenvalue weighted by molar-refractivity contribution is 5.35. The highest BCUT2D eigenvalue weighted by Crippen LogP contribution is 2.25. The normalized spacial score (nSPS) is 12.2. The summed E-state index contributed by atoms with van der Waals surface area (Å²) in [5, 5.41) is 0. The smallest absolute Gasteiger partial charge is 0.148 e. The third-order valence-corrected chi connectivity index (χ3v) is 2.93. The van der Waals surface area contributed by atoms with E-state index in [2.05, 4.69) is 11.9 Å². The zero-order chi connectivity index (χ0) is 13.0. The van der Waals surface area contributed by atoms with E-state index in [0.717, 1.165) is 29.2 Å². The van der Waals surface area contributed by atoms with Crippen molar-refractivity contribution in [2.24, 2.45) is 5.73 Å². The van der Waals surface area contributed by atoms with Crippen molar-refractivity contribution in [1.29, 1.82) is 0 Å². The molecule has 2 aromatic rings. The highest BCUT2D eigenvalue weighted by atomic mass is 16.5. The van der Waals surface area contributed by atoms with Gasteiger partial charge in [-0.25, -0.2) is 0 Å². The Kier molecular flexibility index (Phi) is 3.95. The summed E-state index contributed by atoms with van der Waals surface area (Å²) < 4.78 is 5.77. The summed E-state index contributed by atoms with van der Waals surface area (Å²) in [5.41, 5.74) is 7.98. The van der Waals surface area contributed by atoms with Gasteiger partial charge >= 0.3 is 0 Å². The van der Waals surface area contributed by atoms with E-state index in [9.17, 15) is 0 Å². The Hall–Kier alpha value is -1.87. The van der Waals surface area contributed by atoms with E-state index >= 15 is 0 Å². The molecule has 0 amide bonds. The van der Waals surface area contributed by atoms with Gasteiger partial charge in [0.15, 0.2) is 0 Å².